The first-order valence-electron chi connectivity index (χ1n) is 4.90. The number of aryl methyl sites for hydroxylation is 1. The lowest BCUT2D eigenvalue weighted by Gasteiger charge is -1.93. The summed E-state index contributed by atoms with van der Waals surface area (Å²) in [4.78, 5) is 0. The predicted molar refractivity (Wildman–Crippen MR) is 60.0 cm³/mol. The van der Waals surface area contributed by atoms with Gasteiger partial charge in [-0.25, -0.2) is 0 Å². The highest BCUT2D eigenvalue weighted by atomic mass is 15.2. The van der Waals surface area contributed by atoms with Crippen molar-refractivity contribution in [3.8, 4) is 11.1 Å². The largest absolute Gasteiger partial charge is 0.275 e. The lowest BCUT2D eigenvalue weighted by molar-refractivity contribution is 0.768. The van der Waals surface area contributed by atoms with E-state index in [1.54, 1.807) is 0 Å². The molecule has 0 unspecified atom stereocenters. The van der Waals surface area contributed by atoms with E-state index < -0.39 is 0 Å². The Morgan fingerprint density at radius 3 is 2.14 bits per heavy atom. The fourth-order valence-corrected chi connectivity index (χ4v) is 1.20. The Morgan fingerprint density at radius 1 is 1.00 bits per heavy atom. The highest BCUT2D eigenvalue weighted by Crippen LogP contribution is 2.16. The highest BCUT2D eigenvalue weighted by molar-refractivity contribution is 5.61. The first-order valence-corrected chi connectivity index (χ1v) is 4.90. The maximum atomic E-state index is 4.11. The van der Waals surface area contributed by atoms with Crippen LogP contribution in [0.3, 0.4) is 0 Å². The van der Waals surface area contributed by atoms with Crippen LogP contribution in [0.2, 0.25) is 0 Å². The summed E-state index contributed by atoms with van der Waals surface area (Å²) in [6, 6.07) is 10.2. The van der Waals surface area contributed by atoms with E-state index in [1.807, 2.05) is 56.2 Å². The van der Waals surface area contributed by atoms with Gasteiger partial charge in [-0.3, -0.25) is 4.68 Å². The molecule has 1 aromatic heterocycles. The summed E-state index contributed by atoms with van der Waals surface area (Å²) in [5, 5.41) is 4.11. The maximum Gasteiger partial charge on any atom is 0.0568 e. The number of aromatic nitrogens is 2. The standard InChI is InChI=1S/C10H10N2.C2H6/c1-12-8-10(7-11-12)9-5-3-2-4-6-9;1-2/h2-8H,1H3;1-2H3. The quantitative estimate of drug-likeness (QED) is 0.672. The Labute approximate surface area is 85.2 Å². The van der Waals surface area contributed by atoms with Crippen molar-refractivity contribution in [2.75, 3.05) is 0 Å². The third-order valence-electron chi connectivity index (χ3n) is 1.81. The zero-order valence-electron chi connectivity index (χ0n) is 8.94. The van der Waals surface area contributed by atoms with Gasteiger partial charge >= 0.3 is 0 Å². The molecule has 0 radical (unpaired) electrons. The zero-order valence-corrected chi connectivity index (χ0v) is 8.94. The molecule has 0 saturated carbocycles. The number of nitrogens with zero attached hydrogens (tertiary/aromatic N) is 2. The third kappa shape index (κ3) is 2.46. The summed E-state index contributed by atoms with van der Waals surface area (Å²) in [5.41, 5.74) is 2.38. The van der Waals surface area contributed by atoms with E-state index in [9.17, 15) is 0 Å². The van der Waals surface area contributed by atoms with Crippen LogP contribution < -0.4 is 0 Å². The van der Waals surface area contributed by atoms with Crippen LogP contribution in [-0.2, 0) is 7.05 Å². The van der Waals surface area contributed by atoms with E-state index >= 15 is 0 Å². The molecule has 2 rings (SSSR count). The van der Waals surface area contributed by atoms with Crippen molar-refractivity contribution in [3.05, 3.63) is 42.7 Å². The lowest BCUT2D eigenvalue weighted by atomic mass is 10.1. The van der Waals surface area contributed by atoms with Crippen molar-refractivity contribution in [1.82, 2.24) is 9.78 Å². The van der Waals surface area contributed by atoms with Crippen LogP contribution in [-0.4, -0.2) is 9.78 Å². The molecule has 0 fully saturated rings. The molecule has 0 amide bonds. The number of rotatable bonds is 1. The Kier molecular flexibility index (Phi) is 3.92. The lowest BCUT2D eigenvalue weighted by Crippen LogP contribution is -1.83. The third-order valence-corrected chi connectivity index (χ3v) is 1.81. The molecule has 0 aliphatic heterocycles. The molecule has 0 bridgehead atoms. The van der Waals surface area contributed by atoms with E-state index in [1.165, 1.54) is 5.56 Å². The van der Waals surface area contributed by atoms with E-state index in [0.717, 1.165) is 5.56 Å². The average molecular weight is 188 g/mol. The van der Waals surface area contributed by atoms with Crippen LogP contribution in [0.4, 0.5) is 0 Å². The number of hydrogen-bond donors (Lipinski definition) is 0. The minimum atomic E-state index is 1.16. The van der Waals surface area contributed by atoms with Crippen LogP contribution in [0.15, 0.2) is 42.7 Å². The first kappa shape index (κ1) is 10.5. The van der Waals surface area contributed by atoms with Crippen LogP contribution in [0.1, 0.15) is 13.8 Å². The van der Waals surface area contributed by atoms with E-state index in [2.05, 4.69) is 17.2 Å². The molecule has 0 saturated heterocycles. The molecule has 0 N–H and O–H groups in total. The second-order valence-electron chi connectivity index (χ2n) is 2.77. The van der Waals surface area contributed by atoms with Gasteiger partial charge in [0, 0.05) is 18.8 Å². The van der Waals surface area contributed by atoms with Crippen molar-refractivity contribution in [3.63, 3.8) is 0 Å². The van der Waals surface area contributed by atoms with Gasteiger partial charge in [0.15, 0.2) is 0 Å². The summed E-state index contributed by atoms with van der Waals surface area (Å²) in [7, 11) is 1.92. The van der Waals surface area contributed by atoms with E-state index in [4.69, 9.17) is 0 Å². The fourth-order valence-electron chi connectivity index (χ4n) is 1.20. The van der Waals surface area contributed by atoms with Crippen molar-refractivity contribution in [2.45, 2.75) is 13.8 Å². The van der Waals surface area contributed by atoms with Crippen LogP contribution in [0.5, 0.6) is 0 Å². The minimum Gasteiger partial charge on any atom is -0.275 e. The summed E-state index contributed by atoms with van der Waals surface area (Å²) >= 11 is 0. The van der Waals surface area contributed by atoms with Crippen LogP contribution in [0.25, 0.3) is 11.1 Å². The van der Waals surface area contributed by atoms with Gasteiger partial charge in [0.05, 0.1) is 6.20 Å². The van der Waals surface area contributed by atoms with Gasteiger partial charge in [0.25, 0.3) is 0 Å². The fraction of sp³-hybridized carbons (Fsp3) is 0.250. The molecule has 0 atom stereocenters. The zero-order chi connectivity index (χ0) is 10.4. The molecule has 1 aromatic carbocycles. The predicted octanol–water partition coefficient (Wildman–Crippen LogP) is 3.11. The molecule has 2 heteroatoms. The summed E-state index contributed by atoms with van der Waals surface area (Å²) in [5.74, 6) is 0. The van der Waals surface area contributed by atoms with Gasteiger partial charge < -0.3 is 0 Å². The van der Waals surface area contributed by atoms with Gasteiger partial charge in [-0.1, -0.05) is 44.2 Å². The number of hydrogen-bond acceptors (Lipinski definition) is 1. The highest BCUT2D eigenvalue weighted by Gasteiger charge is 1.96. The van der Waals surface area contributed by atoms with Crippen molar-refractivity contribution in [2.24, 2.45) is 7.05 Å². The Balaban J connectivity index is 0.000000461. The molecular formula is C12H16N2. The molecule has 2 aromatic rings. The summed E-state index contributed by atoms with van der Waals surface area (Å²) in [6.45, 7) is 4.00. The molecule has 0 spiro atoms. The van der Waals surface area contributed by atoms with Crippen LogP contribution >= 0.6 is 0 Å². The average Bonchev–Trinajstić information content (AvgIpc) is 2.69. The molecule has 0 aliphatic carbocycles. The van der Waals surface area contributed by atoms with Crippen molar-refractivity contribution >= 4 is 0 Å². The van der Waals surface area contributed by atoms with Gasteiger partial charge in [-0.15, -0.1) is 0 Å². The minimum absolute atomic E-state index is 1.16. The Bertz CT molecular complexity index is 363. The van der Waals surface area contributed by atoms with Gasteiger partial charge in [-0.05, 0) is 5.56 Å². The second kappa shape index (κ2) is 5.22. The smallest absolute Gasteiger partial charge is 0.0568 e. The Hall–Kier alpha value is -1.57. The SMILES string of the molecule is CC.Cn1cc(-c2ccccc2)cn1. The monoisotopic (exact) mass is 188 g/mol. The Morgan fingerprint density at radius 2 is 1.64 bits per heavy atom. The molecule has 14 heavy (non-hydrogen) atoms. The maximum absolute atomic E-state index is 4.11. The molecular weight excluding hydrogens is 172 g/mol. The summed E-state index contributed by atoms with van der Waals surface area (Å²) < 4.78 is 1.81. The molecule has 1 heterocycles. The molecule has 74 valence electrons. The van der Waals surface area contributed by atoms with E-state index in [-0.39, 0.29) is 0 Å². The summed E-state index contributed by atoms with van der Waals surface area (Å²) in [6.07, 6.45) is 3.88. The van der Waals surface area contributed by atoms with E-state index in [0.29, 0.717) is 0 Å². The van der Waals surface area contributed by atoms with Gasteiger partial charge in [0.2, 0.25) is 0 Å². The normalized spacial score (nSPS) is 9.07. The molecule has 2 nitrogen and oxygen atoms in total. The van der Waals surface area contributed by atoms with Crippen LogP contribution in [0, 0.1) is 0 Å². The first-order chi connectivity index (χ1) is 6.86. The second-order valence-corrected chi connectivity index (χ2v) is 2.77. The number of benzene rings is 1. The van der Waals surface area contributed by atoms with Gasteiger partial charge in [0.1, 0.15) is 0 Å². The molecule has 0 aliphatic rings. The van der Waals surface area contributed by atoms with Gasteiger partial charge in [-0.2, -0.15) is 5.10 Å². The van der Waals surface area contributed by atoms with Crippen molar-refractivity contribution in [1.29, 1.82) is 0 Å². The topological polar surface area (TPSA) is 17.8 Å². The van der Waals surface area contributed by atoms with Crippen molar-refractivity contribution < 1.29 is 0 Å².